The van der Waals surface area contributed by atoms with Gasteiger partial charge >= 0.3 is 0 Å². The largest absolute Gasteiger partial charge is 0.497 e. The lowest BCUT2D eigenvalue weighted by Crippen LogP contribution is -2.16. The summed E-state index contributed by atoms with van der Waals surface area (Å²) in [5.74, 6) is 2.05. The lowest BCUT2D eigenvalue weighted by molar-refractivity contribution is 0.171. The fraction of sp³-hybridized carbons (Fsp3) is 0.130. The lowest BCUT2D eigenvalue weighted by atomic mass is 10.2. The first-order chi connectivity index (χ1) is 16.4. The number of hydrogen-bond acceptors (Lipinski definition) is 8. The summed E-state index contributed by atoms with van der Waals surface area (Å²) in [4.78, 5) is 9.16. The Morgan fingerprint density at radius 2 is 1.62 bits per heavy atom. The molecule has 1 aliphatic heterocycles. The van der Waals surface area contributed by atoms with E-state index >= 15 is 0 Å². The molecule has 9 nitrogen and oxygen atoms in total. The molecule has 0 spiro atoms. The molecule has 0 radical (unpaired) electrons. The van der Waals surface area contributed by atoms with Crippen molar-refractivity contribution in [2.75, 3.05) is 30.4 Å². The minimum absolute atomic E-state index is 0.0301. The Labute approximate surface area is 200 Å². The Morgan fingerprint density at radius 1 is 0.882 bits per heavy atom. The van der Waals surface area contributed by atoms with Crippen LogP contribution in [0, 0.1) is 0 Å². The summed E-state index contributed by atoms with van der Waals surface area (Å²) in [5.41, 5.74) is 1.63. The zero-order valence-electron chi connectivity index (χ0n) is 17.9. The Hall–Kier alpha value is -3.76. The Balaban J connectivity index is 1.56. The van der Waals surface area contributed by atoms with Gasteiger partial charge in [0, 0.05) is 22.8 Å². The minimum atomic E-state index is -3.96. The van der Waals surface area contributed by atoms with Crippen molar-refractivity contribution in [3.63, 3.8) is 0 Å². The third-order valence-electron chi connectivity index (χ3n) is 5.03. The van der Waals surface area contributed by atoms with Crippen molar-refractivity contribution in [2.24, 2.45) is 0 Å². The van der Waals surface area contributed by atoms with E-state index in [4.69, 9.17) is 25.8 Å². The molecule has 1 aliphatic rings. The number of nitrogens with one attached hydrogen (secondary N) is 2. The first kappa shape index (κ1) is 22.1. The molecule has 11 heteroatoms. The van der Waals surface area contributed by atoms with Crippen molar-refractivity contribution in [1.29, 1.82) is 0 Å². The lowest BCUT2D eigenvalue weighted by Gasteiger charge is -2.19. The molecule has 2 heterocycles. The van der Waals surface area contributed by atoms with E-state index in [2.05, 4.69) is 20.0 Å². The SMILES string of the molecule is COc1ccc2nc(NS(=O)(=O)c3ccc(Cl)cc3)c(Nc3ccc4c(c3)OCCO4)nc2c1. The van der Waals surface area contributed by atoms with E-state index in [1.54, 1.807) is 43.5 Å². The highest BCUT2D eigenvalue weighted by Crippen LogP contribution is 2.35. The molecule has 2 N–H and O–H groups in total. The van der Waals surface area contributed by atoms with Crippen LogP contribution in [-0.4, -0.2) is 38.7 Å². The molecule has 4 aromatic rings. The van der Waals surface area contributed by atoms with Crippen molar-refractivity contribution in [2.45, 2.75) is 4.90 Å². The first-order valence-corrected chi connectivity index (χ1v) is 12.1. The second kappa shape index (κ2) is 8.88. The third kappa shape index (κ3) is 4.50. The molecule has 3 aromatic carbocycles. The number of anilines is 3. The summed E-state index contributed by atoms with van der Waals surface area (Å²) in [7, 11) is -2.41. The number of sulfonamides is 1. The second-order valence-corrected chi connectivity index (χ2v) is 9.44. The van der Waals surface area contributed by atoms with Crippen molar-refractivity contribution in [3.8, 4) is 17.2 Å². The van der Waals surface area contributed by atoms with Crippen LogP contribution in [-0.2, 0) is 10.0 Å². The van der Waals surface area contributed by atoms with Gasteiger partial charge in [-0.15, -0.1) is 0 Å². The van der Waals surface area contributed by atoms with Crippen LogP contribution in [0.25, 0.3) is 11.0 Å². The van der Waals surface area contributed by atoms with Crippen LogP contribution in [0.15, 0.2) is 65.6 Å². The van der Waals surface area contributed by atoms with E-state index in [0.717, 1.165) is 0 Å². The average Bonchev–Trinajstić information content (AvgIpc) is 2.84. The predicted octanol–water partition coefficient (Wildman–Crippen LogP) is 4.61. The average molecular weight is 499 g/mol. The summed E-state index contributed by atoms with van der Waals surface area (Å²) in [6.07, 6.45) is 0. The first-order valence-electron chi connectivity index (χ1n) is 10.2. The van der Waals surface area contributed by atoms with E-state index in [1.807, 2.05) is 0 Å². The van der Waals surface area contributed by atoms with Gasteiger partial charge < -0.3 is 19.5 Å². The molecule has 0 fully saturated rings. The number of halogens is 1. The summed E-state index contributed by atoms with van der Waals surface area (Å²) < 4.78 is 45.1. The molecular formula is C23H19ClN4O5S. The van der Waals surface area contributed by atoms with E-state index in [1.165, 1.54) is 24.3 Å². The maximum Gasteiger partial charge on any atom is 0.263 e. The van der Waals surface area contributed by atoms with Crippen molar-refractivity contribution in [1.82, 2.24) is 9.97 Å². The van der Waals surface area contributed by atoms with Crippen LogP contribution in [0.1, 0.15) is 0 Å². The van der Waals surface area contributed by atoms with Crippen LogP contribution < -0.4 is 24.2 Å². The Morgan fingerprint density at radius 3 is 2.38 bits per heavy atom. The number of nitrogens with zero attached hydrogens (tertiary/aromatic N) is 2. The van der Waals surface area contributed by atoms with Crippen LogP contribution in [0.2, 0.25) is 5.02 Å². The Bertz CT molecular complexity index is 1480. The van der Waals surface area contributed by atoms with Crippen molar-refractivity contribution < 1.29 is 22.6 Å². The highest BCUT2D eigenvalue weighted by molar-refractivity contribution is 7.92. The minimum Gasteiger partial charge on any atom is -0.497 e. The van der Waals surface area contributed by atoms with Crippen molar-refractivity contribution in [3.05, 3.63) is 65.7 Å². The molecule has 0 atom stereocenters. The molecule has 0 saturated heterocycles. The van der Waals surface area contributed by atoms with Crippen molar-refractivity contribution >= 4 is 50.0 Å². The molecule has 0 unspecified atom stereocenters. The molecule has 0 amide bonds. The second-order valence-electron chi connectivity index (χ2n) is 7.32. The maximum absolute atomic E-state index is 13.0. The van der Waals surface area contributed by atoms with Gasteiger partial charge in [0.05, 0.1) is 23.0 Å². The van der Waals surface area contributed by atoms with Gasteiger partial charge in [-0.2, -0.15) is 0 Å². The summed E-state index contributed by atoms with van der Waals surface area (Å²) in [6, 6.07) is 16.3. The third-order valence-corrected chi connectivity index (χ3v) is 6.64. The van der Waals surface area contributed by atoms with Crippen LogP contribution in [0.4, 0.5) is 17.3 Å². The molecule has 34 heavy (non-hydrogen) atoms. The smallest absolute Gasteiger partial charge is 0.263 e. The van der Waals surface area contributed by atoms with Gasteiger partial charge in [-0.3, -0.25) is 4.72 Å². The molecular weight excluding hydrogens is 480 g/mol. The van der Waals surface area contributed by atoms with Gasteiger partial charge in [-0.05, 0) is 48.5 Å². The normalized spacial score (nSPS) is 12.9. The molecule has 5 rings (SSSR count). The zero-order chi connectivity index (χ0) is 23.7. The Kier molecular flexibility index (Phi) is 5.76. The fourth-order valence-corrected chi connectivity index (χ4v) is 4.51. The highest BCUT2D eigenvalue weighted by Gasteiger charge is 2.20. The van der Waals surface area contributed by atoms with E-state index in [9.17, 15) is 8.42 Å². The molecule has 0 aliphatic carbocycles. The summed E-state index contributed by atoms with van der Waals surface area (Å²) in [6.45, 7) is 0.923. The molecule has 0 bridgehead atoms. The van der Waals surface area contributed by atoms with Crippen LogP contribution in [0.5, 0.6) is 17.2 Å². The van der Waals surface area contributed by atoms with Gasteiger partial charge in [0.25, 0.3) is 10.0 Å². The standard InChI is InChI=1S/C23H19ClN4O5S/c1-31-16-5-8-18-19(13-16)27-22(25-15-4-9-20-21(12-15)33-11-10-32-20)23(26-18)28-34(29,30)17-6-2-14(24)3-7-17/h2-9,12-13H,10-11H2,1H3,(H,25,27)(H,26,28). The van der Waals surface area contributed by atoms with Crippen LogP contribution in [0.3, 0.4) is 0 Å². The topological polar surface area (TPSA) is 112 Å². The van der Waals surface area contributed by atoms with Gasteiger partial charge in [-0.1, -0.05) is 11.6 Å². The zero-order valence-corrected chi connectivity index (χ0v) is 19.5. The number of benzene rings is 3. The predicted molar refractivity (Wildman–Crippen MR) is 129 cm³/mol. The van der Waals surface area contributed by atoms with E-state index < -0.39 is 10.0 Å². The number of aromatic nitrogens is 2. The monoisotopic (exact) mass is 498 g/mol. The molecule has 1 aromatic heterocycles. The van der Waals surface area contributed by atoms with Gasteiger partial charge in [-0.25, -0.2) is 18.4 Å². The van der Waals surface area contributed by atoms with Gasteiger partial charge in [0.15, 0.2) is 23.1 Å². The molecule has 0 saturated carbocycles. The summed E-state index contributed by atoms with van der Waals surface area (Å²) >= 11 is 5.90. The number of hydrogen-bond donors (Lipinski definition) is 2. The van der Waals surface area contributed by atoms with Crippen LogP contribution >= 0.6 is 11.6 Å². The van der Waals surface area contributed by atoms with Gasteiger partial charge in [0.1, 0.15) is 19.0 Å². The van der Waals surface area contributed by atoms with E-state index in [-0.39, 0.29) is 16.5 Å². The summed E-state index contributed by atoms with van der Waals surface area (Å²) in [5, 5.41) is 3.57. The number of methoxy groups -OCH3 is 1. The number of fused-ring (bicyclic) bond motifs is 2. The maximum atomic E-state index is 13.0. The quantitative estimate of drug-likeness (QED) is 0.396. The molecule has 174 valence electrons. The van der Waals surface area contributed by atoms with E-state index in [0.29, 0.717) is 52.2 Å². The fourth-order valence-electron chi connectivity index (χ4n) is 3.38. The highest BCUT2D eigenvalue weighted by atomic mass is 35.5. The number of ether oxygens (including phenoxy) is 3. The number of rotatable bonds is 6. The van der Waals surface area contributed by atoms with Gasteiger partial charge in [0.2, 0.25) is 0 Å².